The molecule has 0 aromatic carbocycles. The zero-order chi connectivity index (χ0) is 17.1. The Kier molecular flexibility index (Phi) is 12.4. The van der Waals surface area contributed by atoms with Gasteiger partial charge in [0, 0.05) is 45.3 Å². The van der Waals surface area contributed by atoms with Gasteiger partial charge >= 0.3 is 0 Å². The molecule has 1 aliphatic heterocycles. The molecule has 1 heterocycles. The highest BCUT2D eigenvalue weighted by molar-refractivity contribution is 14.0. The molecular formula is C16H33IN4O3. The van der Waals surface area contributed by atoms with Crippen molar-refractivity contribution < 1.29 is 14.3 Å². The maximum absolute atomic E-state index is 11.7. The van der Waals surface area contributed by atoms with Crippen LogP contribution in [0.3, 0.4) is 0 Å². The lowest BCUT2D eigenvalue weighted by molar-refractivity contribution is -0.128. The van der Waals surface area contributed by atoms with E-state index in [0.29, 0.717) is 13.1 Å². The van der Waals surface area contributed by atoms with Crippen LogP contribution in [0.5, 0.6) is 0 Å². The van der Waals surface area contributed by atoms with E-state index in [0.717, 1.165) is 45.2 Å². The summed E-state index contributed by atoms with van der Waals surface area (Å²) in [4.78, 5) is 15.9. The van der Waals surface area contributed by atoms with Crippen molar-refractivity contribution >= 4 is 35.8 Å². The standard InChI is InChI=1S/C16H32N4O3.HI/c1-16(2,3)14(21)18-8-9-20-15(17-4)19-7-5-10-23-13-6-11-22-12-13;/h13H,5-12H2,1-4H3,(H,18,21)(H2,17,19,20);1H. The van der Waals surface area contributed by atoms with Gasteiger partial charge in [-0.25, -0.2) is 0 Å². The minimum Gasteiger partial charge on any atom is -0.379 e. The molecular weight excluding hydrogens is 423 g/mol. The van der Waals surface area contributed by atoms with E-state index >= 15 is 0 Å². The number of carbonyl (C=O) groups is 1. The molecule has 1 fully saturated rings. The monoisotopic (exact) mass is 456 g/mol. The third kappa shape index (κ3) is 10.3. The van der Waals surface area contributed by atoms with Gasteiger partial charge in [-0.15, -0.1) is 24.0 Å². The molecule has 1 amide bonds. The number of halogens is 1. The molecule has 8 heteroatoms. The molecule has 0 aromatic rings. The van der Waals surface area contributed by atoms with Gasteiger partial charge in [0.2, 0.25) is 5.91 Å². The Morgan fingerprint density at radius 1 is 1.21 bits per heavy atom. The van der Waals surface area contributed by atoms with Crippen molar-refractivity contribution in [3.63, 3.8) is 0 Å². The zero-order valence-corrected chi connectivity index (χ0v) is 17.6. The number of nitrogens with zero attached hydrogens (tertiary/aromatic N) is 1. The lowest BCUT2D eigenvalue weighted by Gasteiger charge is -2.18. The zero-order valence-electron chi connectivity index (χ0n) is 15.3. The molecule has 3 N–H and O–H groups in total. The van der Waals surface area contributed by atoms with Crippen molar-refractivity contribution in [1.82, 2.24) is 16.0 Å². The lowest BCUT2D eigenvalue weighted by Crippen LogP contribution is -2.43. The number of aliphatic imine (C=N–C) groups is 1. The molecule has 0 bridgehead atoms. The predicted molar refractivity (Wildman–Crippen MR) is 107 cm³/mol. The molecule has 0 spiro atoms. The number of carbonyl (C=O) groups excluding carboxylic acids is 1. The third-order valence-corrected chi connectivity index (χ3v) is 3.46. The summed E-state index contributed by atoms with van der Waals surface area (Å²) in [7, 11) is 1.73. The normalized spacial score (nSPS) is 18.0. The summed E-state index contributed by atoms with van der Waals surface area (Å²) in [5.41, 5.74) is -0.357. The van der Waals surface area contributed by atoms with Crippen LogP contribution in [0.15, 0.2) is 4.99 Å². The Bertz CT molecular complexity index is 380. The van der Waals surface area contributed by atoms with Gasteiger partial charge in [-0.1, -0.05) is 20.8 Å². The van der Waals surface area contributed by atoms with Crippen LogP contribution < -0.4 is 16.0 Å². The Morgan fingerprint density at radius 3 is 2.46 bits per heavy atom. The topological polar surface area (TPSA) is 84.0 Å². The minimum atomic E-state index is -0.357. The molecule has 1 unspecified atom stereocenters. The number of rotatable bonds is 8. The van der Waals surface area contributed by atoms with Gasteiger partial charge in [0.25, 0.3) is 0 Å². The summed E-state index contributed by atoms with van der Waals surface area (Å²) in [6.07, 6.45) is 2.17. The summed E-state index contributed by atoms with van der Waals surface area (Å²) < 4.78 is 11.0. The molecule has 142 valence electrons. The Hall–Kier alpha value is -0.610. The fourth-order valence-corrected chi connectivity index (χ4v) is 2.02. The van der Waals surface area contributed by atoms with E-state index in [1.807, 2.05) is 20.8 Å². The first kappa shape index (κ1) is 23.4. The Morgan fingerprint density at radius 2 is 1.88 bits per heavy atom. The second-order valence-corrected chi connectivity index (χ2v) is 6.64. The highest BCUT2D eigenvalue weighted by atomic mass is 127. The number of guanidine groups is 1. The van der Waals surface area contributed by atoms with Gasteiger partial charge in [-0.05, 0) is 12.8 Å². The molecule has 1 rings (SSSR count). The fraction of sp³-hybridized carbons (Fsp3) is 0.875. The largest absolute Gasteiger partial charge is 0.379 e. The first-order valence-electron chi connectivity index (χ1n) is 8.35. The van der Waals surface area contributed by atoms with Gasteiger partial charge in [-0.2, -0.15) is 0 Å². The fourth-order valence-electron chi connectivity index (χ4n) is 2.02. The minimum absolute atomic E-state index is 0. The SMILES string of the molecule is CN=C(NCCCOC1CCOC1)NCCNC(=O)C(C)(C)C.I. The molecule has 1 atom stereocenters. The Balaban J connectivity index is 0.00000529. The molecule has 0 aliphatic carbocycles. The average Bonchev–Trinajstić information content (AvgIpc) is 3.01. The predicted octanol–water partition coefficient (Wildman–Crippen LogP) is 1.13. The number of ether oxygens (including phenoxy) is 2. The molecule has 24 heavy (non-hydrogen) atoms. The molecule has 0 saturated carbocycles. The number of hydrogen-bond acceptors (Lipinski definition) is 4. The molecule has 0 radical (unpaired) electrons. The van der Waals surface area contributed by atoms with E-state index in [1.165, 1.54) is 0 Å². The van der Waals surface area contributed by atoms with E-state index in [2.05, 4.69) is 20.9 Å². The maximum Gasteiger partial charge on any atom is 0.225 e. The van der Waals surface area contributed by atoms with Gasteiger partial charge in [0.15, 0.2) is 5.96 Å². The van der Waals surface area contributed by atoms with Crippen LogP contribution in [0.4, 0.5) is 0 Å². The van der Waals surface area contributed by atoms with Crippen molar-refractivity contribution in [3.05, 3.63) is 0 Å². The number of amides is 1. The van der Waals surface area contributed by atoms with E-state index in [-0.39, 0.29) is 41.4 Å². The maximum atomic E-state index is 11.7. The highest BCUT2D eigenvalue weighted by Gasteiger charge is 2.20. The van der Waals surface area contributed by atoms with E-state index < -0.39 is 0 Å². The van der Waals surface area contributed by atoms with Gasteiger partial charge in [-0.3, -0.25) is 9.79 Å². The average molecular weight is 456 g/mol. The first-order chi connectivity index (χ1) is 10.9. The van der Waals surface area contributed by atoms with Gasteiger partial charge in [0.05, 0.1) is 12.7 Å². The molecule has 0 aromatic heterocycles. The van der Waals surface area contributed by atoms with Crippen LogP contribution in [0.2, 0.25) is 0 Å². The summed E-state index contributed by atoms with van der Waals surface area (Å²) in [5.74, 6) is 0.787. The molecule has 1 saturated heterocycles. The summed E-state index contributed by atoms with van der Waals surface area (Å²) in [5, 5.41) is 9.29. The number of hydrogen-bond donors (Lipinski definition) is 3. The Labute approximate surface area is 162 Å². The third-order valence-electron chi connectivity index (χ3n) is 3.46. The van der Waals surface area contributed by atoms with Crippen molar-refractivity contribution in [1.29, 1.82) is 0 Å². The van der Waals surface area contributed by atoms with Crippen LogP contribution >= 0.6 is 24.0 Å². The second-order valence-electron chi connectivity index (χ2n) is 6.64. The summed E-state index contributed by atoms with van der Waals surface area (Å²) in [6, 6.07) is 0. The van der Waals surface area contributed by atoms with Crippen LogP contribution in [0.25, 0.3) is 0 Å². The van der Waals surface area contributed by atoms with E-state index in [4.69, 9.17) is 9.47 Å². The van der Waals surface area contributed by atoms with E-state index in [1.54, 1.807) is 7.05 Å². The smallest absolute Gasteiger partial charge is 0.225 e. The van der Waals surface area contributed by atoms with Crippen molar-refractivity contribution in [2.75, 3.05) is 46.5 Å². The lowest BCUT2D eigenvalue weighted by atomic mass is 9.96. The summed E-state index contributed by atoms with van der Waals surface area (Å²) >= 11 is 0. The molecule has 1 aliphatic rings. The summed E-state index contributed by atoms with van der Waals surface area (Å²) in [6.45, 7) is 9.95. The van der Waals surface area contributed by atoms with Crippen molar-refractivity contribution in [3.8, 4) is 0 Å². The van der Waals surface area contributed by atoms with Crippen molar-refractivity contribution in [2.24, 2.45) is 10.4 Å². The highest BCUT2D eigenvalue weighted by Crippen LogP contribution is 2.11. The quantitative estimate of drug-likeness (QED) is 0.221. The number of nitrogens with one attached hydrogen (secondary N) is 3. The van der Waals surface area contributed by atoms with Crippen LogP contribution in [-0.2, 0) is 14.3 Å². The first-order valence-corrected chi connectivity index (χ1v) is 8.35. The second kappa shape index (κ2) is 12.7. The van der Waals surface area contributed by atoms with Gasteiger partial charge in [0.1, 0.15) is 0 Å². The van der Waals surface area contributed by atoms with E-state index in [9.17, 15) is 4.79 Å². The molecule has 7 nitrogen and oxygen atoms in total. The van der Waals surface area contributed by atoms with Crippen molar-refractivity contribution in [2.45, 2.75) is 39.7 Å². The van der Waals surface area contributed by atoms with Crippen LogP contribution in [-0.4, -0.2) is 64.5 Å². The van der Waals surface area contributed by atoms with Gasteiger partial charge < -0.3 is 25.4 Å². The van der Waals surface area contributed by atoms with Crippen LogP contribution in [0, 0.1) is 5.41 Å². The van der Waals surface area contributed by atoms with Crippen LogP contribution in [0.1, 0.15) is 33.6 Å².